The normalized spacial score (nSPS) is 10.1. The second kappa shape index (κ2) is 6.26. The van der Waals surface area contributed by atoms with Gasteiger partial charge in [0.1, 0.15) is 16.7 Å². The highest BCUT2D eigenvalue weighted by molar-refractivity contribution is 6.29. The van der Waals surface area contributed by atoms with Gasteiger partial charge in [-0.25, -0.2) is 4.98 Å². The first-order valence-electron chi connectivity index (χ1n) is 5.86. The SMILES string of the molecule is CCOc1ccc(CNc2cccc(Cl)n2)cc1. The van der Waals surface area contributed by atoms with Gasteiger partial charge in [-0.2, -0.15) is 0 Å². The predicted molar refractivity (Wildman–Crippen MR) is 74.2 cm³/mol. The van der Waals surface area contributed by atoms with E-state index < -0.39 is 0 Å². The van der Waals surface area contributed by atoms with E-state index in [9.17, 15) is 0 Å². The number of halogens is 1. The minimum Gasteiger partial charge on any atom is -0.494 e. The van der Waals surface area contributed by atoms with Crippen molar-refractivity contribution in [1.82, 2.24) is 4.98 Å². The van der Waals surface area contributed by atoms with Crippen LogP contribution in [0.25, 0.3) is 0 Å². The number of hydrogen-bond donors (Lipinski definition) is 1. The van der Waals surface area contributed by atoms with Crippen LogP contribution in [0.3, 0.4) is 0 Å². The van der Waals surface area contributed by atoms with Crippen molar-refractivity contribution in [2.75, 3.05) is 11.9 Å². The molecular weight excluding hydrogens is 248 g/mol. The van der Waals surface area contributed by atoms with E-state index in [0.29, 0.717) is 18.3 Å². The van der Waals surface area contributed by atoms with Crippen LogP contribution in [0.5, 0.6) is 5.75 Å². The zero-order valence-corrected chi connectivity index (χ0v) is 10.9. The summed E-state index contributed by atoms with van der Waals surface area (Å²) in [6, 6.07) is 13.5. The lowest BCUT2D eigenvalue weighted by Crippen LogP contribution is -2.01. The van der Waals surface area contributed by atoms with E-state index in [1.165, 1.54) is 5.56 Å². The van der Waals surface area contributed by atoms with Gasteiger partial charge in [0.25, 0.3) is 0 Å². The van der Waals surface area contributed by atoms with Gasteiger partial charge in [-0.05, 0) is 36.8 Å². The first kappa shape index (κ1) is 12.7. The summed E-state index contributed by atoms with van der Waals surface area (Å²) in [6.07, 6.45) is 0. The van der Waals surface area contributed by atoms with Gasteiger partial charge in [-0.1, -0.05) is 29.8 Å². The van der Waals surface area contributed by atoms with Crippen LogP contribution >= 0.6 is 11.6 Å². The molecule has 0 unspecified atom stereocenters. The van der Waals surface area contributed by atoms with Crippen LogP contribution in [0.15, 0.2) is 42.5 Å². The van der Waals surface area contributed by atoms with Crippen LogP contribution in [-0.2, 0) is 6.54 Å². The van der Waals surface area contributed by atoms with Gasteiger partial charge in [0, 0.05) is 6.54 Å². The Morgan fingerprint density at radius 3 is 2.61 bits per heavy atom. The average Bonchev–Trinajstić information content (AvgIpc) is 2.38. The second-order valence-electron chi connectivity index (χ2n) is 3.78. The van der Waals surface area contributed by atoms with Gasteiger partial charge < -0.3 is 10.1 Å². The molecule has 0 radical (unpaired) electrons. The number of hydrogen-bond acceptors (Lipinski definition) is 3. The number of pyridine rings is 1. The molecule has 2 aromatic rings. The number of nitrogens with zero attached hydrogens (tertiary/aromatic N) is 1. The lowest BCUT2D eigenvalue weighted by Gasteiger charge is -2.07. The van der Waals surface area contributed by atoms with Crippen molar-refractivity contribution in [3.8, 4) is 5.75 Å². The Morgan fingerprint density at radius 2 is 1.94 bits per heavy atom. The summed E-state index contributed by atoms with van der Waals surface area (Å²) in [5, 5.41) is 3.71. The number of aromatic nitrogens is 1. The predicted octanol–water partition coefficient (Wildman–Crippen LogP) is 3.75. The molecule has 0 aliphatic heterocycles. The Hall–Kier alpha value is -1.74. The highest BCUT2D eigenvalue weighted by Crippen LogP contribution is 2.14. The maximum absolute atomic E-state index is 5.81. The fourth-order valence-corrected chi connectivity index (χ4v) is 1.73. The van der Waals surface area contributed by atoms with Crippen LogP contribution < -0.4 is 10.1 Å². The monoisotopic (exact) mass is 262 g/mol. The van der Waals surface area contributed by atoms with Crippen molar-refractivity contribution in [2.24, 2.45) is 0 Å². The molecule has 4 heteroatoms. The first-order valence-corrected chi connectivity index (χ1v) is 6.24. The number of rotatable bonds is 5. The van der Waals surface area contributed by atoms with Gasteiger partial charge in [-0.15, -0.1) is 0 Å². The Kier molecular flexibility index (Phi) is 4.42. The molecule has 0 aliphatic rings. The molecule has 94 valence electrons. The quantitative estimate of drug-likeness (QED) is 0.834. The maximum atomic E-state index is 5.81. The smallest absolute Gasteiger partial charge is 0.131 e. The van der Waals surface area contributed by atoms with E-state index >= 15 is 0 Å². The molecule has 0 fully saturated rings. The van der Waals surface area contributed by atoms with E-state index in [2.05, 4.69) is 10.3 Å². The Labute approximate surface area is 112 Å². The molecule has 3 nitrogen and oxygen atoms in total. The fourth-order valence-electron chi connectivity index (χ4n) is 1.57. The molecule has 0 saturated carbocycles. The topological polar surface area (TPSA) is 34.1 Å². The van der Waals surface area contributed by atoms with Crippen LogP contribution in [0, 0.1) is 0 Å². The van der Waals surface area contributed by atoms with Crippen LogP contribution in [0.4, 0.5) is 5.82 Å². The van der Waals surface area contributed by atoms with Gasteiger partial charge >= 0.3 is 0 Å². The molecule has 0 spiro atoms. The molecular formula is C14H15ClN2O. The molecule has 0 atom stereocenters. The molecule has 0 amide bonds. The minimum atomic E-state index is 0.492. The van der Waals surface area contributed by atoms with Crippen LogP contribution in [-0.4, -0.2) is 11.6 Å². The number of ether oxygens (including phenoxy) is 1. The summed E-state index contributed by atoms with van der Waals surface area (Å²) < 4.78 is 5.39. The van der Waals surface area contributed by atoms with Crippen molar-refractivity contribution in [3.63, 3.8) is 0 Å². The van der Waals surface area contributed by atoms with Crippen LogP contribution in [0.2, 0.25) is 5.15 Å². The molecule has 1 heterocycles. The minimum absolute atomic E-state index is 0.492. The third-order valence-corrected chi connectivity index (χ3v) is 2.63. The molecule has 2 rings (SSSR count). The Bertz CT molecular complexity index is 499. The van der Waals surface area contributed by atoms with Gasteiger partial charge in [0.2, 0.25) is 0 Å². The number of nitrogens with one attached hydrogen (secondary N) is 1. The lowest BCUT2D eigenvalue weighted by molar-refractivity contribution is 0.340. The molecule has 1 aromatic heterocycles. The fraction of sp³-hybridized carbons (Fsp3) is 0.214. The lowest BCUT2D eigenvalue weighted by atomic mass is 10.2. The van der Waals surface area contributed by atoms with Crippen LogP contribution in [0.1, 0.15) is 12.5 Å². The summed E-state index contributed by atoms with van der Waals surface area (Å²) in [5.41, 5.74) is 1.17. The summed E-state index contributed by atoms with van der Waals surface area (Å²) in [5.74, 6) is 1.67. The number of benzene rings is 1. The zero-order valence-electron chi connectivity index (χ0n) is 10.2. The third kappa shape index (κ3) is 3.64. The van der Waals surface area contributed by atoms with E-state index in [-0.39, 0.29) is 0 Å². The largest absolute Gasteiger partial charge is 0.494 e. The van der Waals surface area contributed by atoms with Gasteiger partial charge in [0.15, 0.2) is 0 Å². The van der Waals surface area contributed by atoms with Crippen molar-refractivity contribution in [3.05, 3.63) is 53.2 Å². The van der Waals surface area contributed by atoms with E-state index in [1.54, 1.807) is 6.07 Å². The third-order valence-electron chi connectivity index (χ3n) is 2.42. The van der Waals surface area contributed by atoms with Gasteiger partial charge in [0.05, 0.1) is 6.61 Å². The summed E-state index contributed by atoms with van der Waals surface area (Å²) in [6.45, 7) is 3.37. The van der Waals surface area contributed by atoms with Crippen molar-refractivity contribution in [1.29, 1.82) is 0 Å². The second-order valence-corrected chi connectivity index (χ2v) is 4.16. The summed E-state index contributed by atoms with van der Waals surface area (Å²) in [4.78, 5) is 4.16. The number of anilines is 1. The zero-order chi connectivity index (χ0) is 12.8. The molecule has 18 heavy (non-hydrogen) atoms. The van der Waals surface area contributed by atoms with E-state index in [4.69, 9.17) is 16.3 Å². The summed E-state index contributed by atoms with van der Waals surface area (Å²) in [7, 11) is 0. The van der Waals surface area contributed by atoms with Gasteiger partial charge in [-0.3, -0.25) is 0 Å². The first-order chi connectivity index (χ1) is 8.78. The summed E-state index contributed by atoms with van der Waals surface area (Å²) >= 11 is 5.81. The Morgan fingerprint density at radius 1 is 1.17 bits per heavy atom. The van der Waals surface area contributed by atoms with Crippen molar-refractivity contribution < 1.29 is 4.74 Å². The Balaban J connectivity index is 1.93. The molecule has 1 N–H and O–H groups in total. The molecule has 0 saturated heterocycles. The maximum Gasteiger partial charge on any atom is 0.131 e. The van der Waals surface area contributed by atoms with E-state index in [1.807, 2.05) is 43.3 Å². The van der Waals surface area contributed by atoms with Crippen molar-refractivity contribution in [2.45, 2.75) is 13.5 Å². The van der Waals surface area contributed by atoms with E-state index in [0.717, 1.165) is 11.6 Å². The standard InChI is InChI=1S/C14H15ClN2O/c1-2-18-12-8-6-11(7-9-12)10-16-14-5-3-4-13(15)17-14/h3-9H,2,10H2,1H3,(H,16,17). The van der Waals surface area contributed by atoms with Crippen molar-refractivity contribution >= 4 is 17.4 Å². The average molecular weight is 263 g/mol. The molecule has 0 bridgehead atoms. The highest BCUT2D eigenvalue weighted by Gasteiger charge is 1.97. The molecule has 1 aromatic carbocycles. The highest BCUT2D eigenvalue weighted by atomic mass is 35.5. The molecule has 0 aliphatic carbocycles.